The summed E-state index contributed by atoms with van der Waals surface area (Å²) in [5.41, 5.74) is -1.71. The van der Waals surface area contributed by atoms with Crippen molar-refractivity contribution >= 4 is 40.6 Å². The molecule has 2 aromatic carbocycles. The van der Waals surface area contributed by atoms with E-state index in [-0.39, 0.29) is 23.0 Å². The van der Waals surface area contributed by atoms with E-state index in [0.717, 1.165) is 11.0 Å². The summed E-state index contributed by atoms with van der Waals surface area (Å²) in [6.07, 6.45) is -3.82. The predicted octanol–water partition coefficient (Wildman–Crippen LogP) is 5.79. The van der Waals surface area contributed by atoms with Crippen LogP contribution in [0.1, 0.15) is 31.9 Å². The van der Waals surface area contributed by atoms with Crippen LogP contribution in [-0.2, 0) is 20.5 Å². The summed E-state index contributed by atoms with van der Waals surface area (Å²) in [5.74, 6) is -1.82. The molecule has 2 aromatic rings. The molecule has 0 saturated carbocycles. The lowest BCUT2D eigenvalue weighted by Gasteiger charge is -2.14. The van der Waals surface area contributed by atoms with Crippen LogP contribution in [0.4, 0.5) is 23.7 Å². The number of hydrogen-bond donors (Lipinski definition) is 0. The maximum Gasteiger partial charge on any atom is 0.416 e. The van der Waals surface area contributed by atoms with Crippen molar-refractivity contribution in [3.8, 4) is 17.2 Å². The molecule has 0 spiro atoms. The Labute approximate surface area is 218 Å². The zero-order valence-electron chi connectivity index (χ0n) is 20.2. The SMILES string of the molecule is CCOc1cc(/C=C2\SC(=O)N(CC(=O)OC(C)C)C2=O)ccc1Oc1ccc(C(F)(F)F)cc1[N+](=O)[O-]. The molecule has 1 heterocycles. The number of carbonyl (C=O) groups is 3. The lowest BCUT2D eigenvalue weighted by Crippen LogP contribution is -2.35. The van der Waals surface area contributed by atoms with Gasteiger partial charge in [-0.05, 0) is 68.4 Å². The zero-order chi connectivity index (χ0) is 28.2. The van der Waals surface area contributed by atoms with Crippen LogP contribution in [0, 0.1) is 10.1 Å². The molecule has 1 aliphatic rings. The smallest absolute Gasteiger partial charge is 0.416 e. The summed E-state index contributed by atoms with van der Waals surface area (Å²) in [7, 11) is 0. The number of imide groups is 1. The van der Waals surface area contributed by atoms with E-state index < -0.39 is 57.9 Å². The summed E-state index contributed by atoms with van der Waals surface area (Å²) >= 11 is 0.624. The van der Waals surface area contributed by atoms with Crippen LogP contribution in [0.25, 0.3) is 6.08 Å². The van der Waals surface area contributed by atoms with Gasteiger partial charge in [-0.15, -0.1) is 0 Å². The van der Waals surface area contributed by atoms with Crippen molar-refractivity contribution in [1.29, 1.82) is 0 Å². The van der Waals surface area contributed by atoms with Gasteiger partial charge in [-0.25, -0.2) is 0 Å². The van der Waals surface area contributed by atoms with Crippen molar-refractivity contribution in [2.24, 2.45) is 0 Å². The molecule has 3 rings (SSSR count). The van der Waals surface area contributed by atoms with Gasteiger partial charge in [-0.2, -0.15) is 13.2 Å². The lowest BCUT2D eigenvalue weighted by atomic mass is 10.1. The van der Waals surface area contributed by atoms with Gasteiger partial charge in [-0.3, -0.25) is 29.4 Å². The highest BCUT2D eigenvalue weighted by molar-refractivity contribution is 8.18. The number of nitro groups is 1. The summed E-state index contributed by atoms with van der Waals surface area (Å²) in [6, 6.07) is 6.10. The monoisotopic (exact) mass is 554 g/mol. The van der Waals surface area contributed by atoms with E-state index in [4.69, 9.17) is 14.2 Å². The molecule has 0 bridgehead atoms. The van der Waals surface area contributed by atoms with Crippen molar-refractivity contribution in [2.45, 2.75) is 33.1 Å². The van der Waals surface area contributed by atoms with Crippen LogP contribution >= 0.6 is 11.8 Å². The lowest BCUT2D eigenvalue weighted by molar-refractivity contribution is -0.385. The molecule has 1 aliphatic heterocycles. The largest absolute Gasteiger partial charge is 0.490 e. The minimum absolute atomic E-state index is 0.0295. The van der Waals surface area contributed by atoms with Gasteiger partial charge in [0.25, 0.3) is 11.1 Å². The molecule has 1 saturated heterocycles. The first-order valence-electron chi connectivity index (χ1n) is 11.0. The van der Waals surface area contributed by atoms with Crippen LogP contribution in [0.5, 0.6) is 17.2 Å². The Bertz CT molecular complexity index is 1310. The molecule has 2 amide bonds. The van der Waals surface area contributed by atoms with Gasteiger partial charge >= 0.3 is 17.8 Å². The number of esters is 1. The molecule has 10 nitrogen and oxygen atoms in total. The molecule has 38 heavy (non-hydrogen) atoms. The minimum atomic E-state index is -4.78. The molecule has 202 valence electrons. The predicted molar refractivity (Wildman–Crippen MR) is 130 cm³/mol. The van der Waals surface area contributed by atoms with E-state index in [2.05, 4.69) is 0 Å². The number of rotatable bonds is 9. The summed E-state index contributed by atoms with van der Waals surface area (Å²) in [5, 5.41) is 10.7. The fourth-order valence-corrected chi connectivity index (χ4v) is 4.06. The van der Waals surface area contributed by atoms with Crippen molar-refractivity contribution in [1.82, 2.24) is 4.90 Å². The summed E-state index contributed by atoms with van der Waals surface area (Å²) in [4.78, 5) is 48.0. The number of carbonyl (C=O) groups excluding carboxylic acids is 3. The summed E-state index contributed by atoms with van der Waals surface area (Å²) < 4.78 is 55.0. The Morgan fingerprint density at radius 1 is 1.13 bits per heavy atom. The Kier molecular flexibility index (Phi) is 8.66. The average molecular weight is 554 g/mol. The molecule has 14 heteroatoms. The van der Waals surface area contributed by atoms with Gasteiger partial charge in [0.1, 0.15) is 6.54 Å². The minimum Gasteiger partial charge on any atom is -0.490 e. The number of alkyl halides is 3. The first-order chi connectivity index (χ1) is 17.8. The zero-order valence-corrected chi connectivity index (χ0v) is 21.1. The third-order valence-corrected chi connectivity index (χ3v) is 5.70. The first-order valence-corrected chi connectivity index (χ1v) is 11.9. The average Bonchev–Trinajstić information content (AvgIpc) is 3.07. The maximum absolute atomic E-state index is 13.0. The van der Waals surface area contributed by atoms with Crippen LogP contribution in [0.2, 0.25) is 0 Å². The standard InChI is InChI=1S/C24H21F3N2O8S/c1-4-35-19-9-14(10-20-22(31)28(23(32)38-20)12-21(30)36-13(2)3)5-7-18(19)37-17-8-6-15(24(25,26)27)11-16(17)29(33)34/h5-11,13H,4,12H2,1-3H3/b20-10-. The number of ether oxygens (including phenoxy) is 3. The van der Waals surface area contributed by atoms with Crippen LogP contribution in [0.15, 0.2) is 41.3 Å². The van der Waals surface area contributed by atoms with Gasteiger partial charge in [-0.1, -0.05) is 6.07 Å². The quantitative estimate of drug-likeness (QED) is 0.164. The maximum atomic E-state index is 13.0. The Morgan fingerprint density at radius 3 is 2.42 bits per heavy atom. The van der Waals surface area contributed by atoms with E-state index in [1.807, 2.05) is 0 Å². The molecular weight excluding hydrogens is 533 g/mol. The van der Waals surface area contributed by atoms with Crippen molar-refractivity contribution in [3.05, 3.63) is 62.5 Å². The Hall–Kier alpha value is -4.07. The van der Waals surface area contributed by atoms with Crippen LogP contribution in [0.3, 0.4) is 0 Å². The molecular formula is C24H21F3N2O8S. The van der Waals surface area contributed by atoms with Crippen LogP contribution in [-0.4, -0.2) is 46.2 Å². The van der Waals surface area contributed by atoms with E-state index in [0.29, 0.717) is 29.5 Å². The second kappa shape index (κ2) is 11.5. The number of nitro benzene ring substituents is 1. The van der Waals surface area contributed by atoms with Gasteiger partial charge < -0.3 is 14.2 Å². The molecule has 0 unspecified atom stereocenters. The highest BCUT2D eigenvalue weighted by atomic mass is 32.2. The third-order valence-electron chi connectivity index (χ3n) is 4.80. The third kappa shape index (κ3) is 6.82. The second-order valence-corrected chi connectivity index (χ2v) is 8.98. The second-order valence-electron chi connectivity index (χ2n) is 7.99. The van der Waals surface area contributed by atoms with Crippen molar-refractivity contribution < 1.29 is 46.7 Å². The van der Waals surface area contributed by atoms with E-state index >= 15 is 0 Å². The first kappa shape index (κ1) is 28.5. The molecule has 0 aromatic heterocycles. The van der Waals surface area contributed by atoms with Crippen molar-refractivity contribution in [2.75, 3.05) is 13.2 Å². The fourth-order valence-electron chi connectivity index (χ4n) is 3.23. The topological polar surface area (TPSA) is 125 Å². The number of halogens is 3. The molecule has 0 aliphatic carbocycles. The highest BCUT2D eigenvalue weighted by Crippen LogP contribution is 2.41. The number of hydrogen-bond acceptors (Lipinski definition) is 9. The molecule has 0 N–H and O–H groups in total. The van der Waals surface area contributed by atoms with E-state index in [1.165, 1.54) is 24.3 Å². The number of thioether (sulfide) groups is 1. The Morgan fingerprint density at radius 2 is 1.82 bits per heavy atom. The number of benzene rings is 2. The molecule has 1 fully saturated rings. The molecule has 0 atom stereocenters. The highest BCUT2D eigenvalue weighted by Gasteiger charge is 2.37. The molecule has 0 radical (unpaired) electrons. The fraction of sp³-hybridized carbons (Fsp3) is 0.292. The van der Waals surface area contributed by atoms with E-state index in [1.54, 1.807) is 20.8 Å². The van der Waals surface area contributed by atoms with Gasteiger partial charge in [0.05, 0.1) is 28.1 Å². The Balaban J connectivity index is 1.88. The van der Waals surface area contributed by atoms with Gasteiger partial charge in [0.2, 0.25) is 5.75 Å². The van der Waals surface area contributed by atoms with Gasteiger partial charge in [0.15, 0.2) is 11.5 Å². The van der Waals surface area contributed by atoms with Crippen LogP contribution < -0.4 is 9.47 Å². The number of amides is 2. The van der Waals surface area contributed by atoms with Crippen molar-refractivity contribution in [3.63, 3.8) is 0 Å². The normalized spacial score (nSPS) is 14.8. The van der Waals surface area contributed by atoms with E-state index in [9.17, 15) is 37.7 Å². The van der Waals surface area contributed by atoms with Gasteiger partial charge in [0, 0.05) is 6.07 Å². The number of nitrogens with zero attached hydrogens (tertiary/aromatic N) is 2. The summed E-state index contributed by atoms with van der Waals surface area (Å²) in [6.45, 7) is 4.51.